The molecule has 1 aliphatic carbocycles. The fourth-order valence-corrected chi connectivity index (χ4v) is 5.52. The van der Waals surface area contributed by atoms with Crippen molar-refractivity contribution in [2.45, 2.75) is 62.7 Å². The van der Waals surface area contributed by atoms with Crippen LogP contribution in [0.2, 0.25) is 0 Å². The third kappa shape index (κ3) is 5.12. The third-order valence-corrected chi connectivity index (χ3v) is 8.08. The van der Waals surface area contributed by atoms with Crippen molar-refractivity contribution in [1.82, 2.24) is 29.7 Å². The molecule has 2 saturated heterocycles. The maximum atomic E-state index is 15.5. The molecule has 2 aliphatic heterocycles. The third-order valence-electron chi connectivity index (χ3n) is 8.08. The standard InChI is InChI=1S/C26H32F3N9O/c27-19-3-4-20(37-10-5-25(31,13-37)24(39)35-16-1-2-16)18(17(19)11-36-8-6-26(28,29)7-9-36)12-38-15-34-21-22(30)32-14-33-23(21)38/h3-4,14-16H,1-2,5-13,31H2,(H,35,39)(H2,30,32,33)/t25-/m1/s1. The number of nitrogens with one attached hydrogen (secondary N) is 1. The predicted molar refractivity (Wildman–Crippen MR) is 140 cm³/mol. The first-order valence-electron chi connectivity index (χ1n) is 13.3. The minimum absolute atomic E-state index is 0.168. The van der Waals surface area contributed by atoms with Crippen LogP contribution >= 0.6 is 0 Å². The zero-order valence-corrected chi connectivity index (χ0v) is 21.5. The first-order valence-corrected chi connectivity index (χ1v) is 13.3. The highest BCUT2D eigenvalue weighted by Gasteiger charge is 2.43. The van der Waals surface area contributed by atoms with Crippen molar-refractivity contribution in [3.63, 3.8) is 0 Å². The average molecular weight is 544 g/mol. The van der Waals surface area contributed by atoms with E-state index in [4.69, 9.17) is 11.5 Å². The van der Waals surface area contributed by atoms with E-state index in [2.05, 4.69) is 20.3 Å². The van der Waals surface area contributed by atoms with Crippen molar-refractivity contribution in [3.8, 4) is 0 Å². The fourth-order valence-electron chi connectivity index (χ4n) is 5.52. The Morgan fingerprint density at radius 2 is 1.82 bits per heavy atom. The lowest BCUT2D eigenvalue weighted by Gasteiger charge is -2.33. The monoisotopic (exact) mass is 543 g/mol. The van der Waals surface area contributed by atoms with E-state index in [1.54, 1.807) is 17.0 Å². The van der Waals surface area contributed by atoms with E-state index in [0.717, 1.165) is 18.5 Å². The lowest BCUT2D eigenvalue weighted by molar-refractivity contribution is -0.125. The number of nitrogen functional groups attached to an aromatic ring is 1. The molecule has 208 valence electrons. The lowest BCUT2D eigenvalue weighted by Crippen LogP contribution is -2.56. The van der Waals surface area contributed by atoms with Crippen LogP contribution in [0.25, 0.3) is 11.2 Å². The van der Waals surface area contributed by atoms with Crippen LogP contribution in [-0.4, -0.2) is 74.0 Å². The number of aromatic nitrogens is 4. The van der Waals surface area contributed by atoms with Crippen LogP contribution in [-0.2, 0) is 17.9 Å². The van der Waals surface area contributed by atoms with Gasteiger partial charge in [0.25, 0.3) is 5.92 Å². The molecule has 0 radical (unpaired) electrons. The predicted octanol–water partition coefficient (Wildman–Crippen LogP) is 2.01. The summed E-state index contributed by atoms with van der Waals surface area (Å²) < 4.78 is 44.9. The first kappa shape index (κ1) is 25.8. The highest BCUT2D eigenvalue weighted by molar-refractivity contribution is 5.88. The topological polar surface area (TPSA) is 131 Å². The summed E-state index contributed by atoms with van der Waals surface area (Å²) in [6.45, 7) is 1.53. The second-order valence-electron chi connectivity index (χ2n) is 11.0. The summed E-state index contributed by atoms with van der Waals surface area (Å²) in [5.41, 5.74) is 14.2. The number of carbonyl (C=O) groups is 1. The Labute approximate surface area is 223 Å². The lowest BCUT2D eigenvalue weighted by atomic mass is 9.98. The van der Waals surface area contributed by atoms with Gasteiger partial charge in [-0.2, -0.15) is 0 Å². The largest absolute Gasteiger partial charge is 0.382 e. The van der Waals surface area contributed by atoms with Gasteiger partial charge in [-0.1, -0.05) is 0 Å². The van der Waals surface area contributed by atoms with E-state index in [1.807, 2.05) is 9.80 Å². The molecule has 3 fully saturated rings. The van der Waals surface area contributed by atoms with Gasteiger partial charge >= 0.3 is 0 Å². The van der Waals surface area contributed by atoms with Crippen molar-refractivity contribution in [1.29, 1.82) is 0 Å². The van der Waals surface area contributed by atoms with E-state index in [0.29, 0.717) is 35.3 Å². The molecule has 2 aromatic heterocycles. The van der Waals surface area contributed by atoms with Crippen LogP contribution in [0.4, 0.5) is 24.7 Å². The summed E-state index contributed by atoms with van der Waals surface area (Å²) in [5, 5.41) is 3.01. The number of hydrogen-bond donors (Lipinski definition) is 3. The number of fused-ring (bicyclic) bond motifs is 1. The first-order chi connectivity index (χ1) is 18.6. The zero-order chi connectivity index (χ0) is 27.4. The molecule has 5 N–H and O–H groups in total. The van der Waals surface area contributed by atoms with Crippen LogP contribution in [0.5, 0.6) is 0 Å². The van der Waals surface area contributed by atoms with Crippen molar-refractivity contribution in [2.75, 3.05) is 36.8 Å². The molecule has 3 aromatic rings. The molecule has 3 aliphatic rings. The Morgan fingerprint density at radius 1 is 1.05 bits per heavy atom. The van der Waals surface area contributed by atoms with Crippen LogP contribution in [0.3, 0.4) is 0 Å². The molecule has 1 aromatic carbocycles. The Morgan fingerprint density at radius 3 is 2.56 bits per heavy atom. The number of likely N-dealkylation sites (tertiary alicyclic amines) is 1. The second kappa shape index (κ2) is 9.63. The van der Waals surface area contributed by atoms with Gasteiger partial charge in [0, 0.05) is 68.4 Å². The number of nitrogens with zero attached hydrogens (tertiary/aromatic N) is 6. The molecule has 6 rings (SSSR count). The number of hydrogen-bond acceptors (Lipinski definition) is 8. The van der Waals surface area contributed by atoms with Crippen molar-refractivity contribution < 1.29 is 18.0 Å². The number of benzene rings is 1. The molecular weight excluding hydrogens is 511 g/mol. The van der Waals surface area contributed by atoms with Crippen LogP contribution in [0, 0.1) is 5.82 Å². The van der Waals surface area contributed by atoms with Gasteiger partial charge in [0.2, 0.25) is 5.91 Å². The number of piperidine rings is 1. The normalized spacial score (nSPS) is 23.4. The van der Waals surface area contributed by atoms with E-state index >= 15 is 4.39 Å². The maximum Gasteiger partial charge on any atom is 0.250 e. The molecule has 39 heavy (non-hydrogen) atoms. The number of anilines is 2. The molecule has 0 bridgehead atoms. The molecule has 4 heterocycles. The quantitative estimate of drug-likeness (QED) is 0.413. The number of nitrogens with two attached hydrogens (primary N) is 2. The van der Waals surface area contributed by atoms with E-state index in [1.165, 1.54) is 12.4 Å². The number of carbonyl (C=O) groups excluding carboxylic acids is 1. The second-order valence-corrected chi connectivity index (χ2v) is 11.0. The summed E-state index contributed by atoms with van der Waals surface area (Å²) in [7, 11) is 0. The number of amides is 1. The zero-order valence-electron chi connectivity index (χ0n) is 21.5. The molecule has 1 saturated carbocycles. The Hall–Kier alpha value is -3.45. The maximum absolute atomic E-state index is 15.5. The molecule has 0 unspecified atom stereocenters. The summed E-state index contributed by atoms with van der Waals surface area (Å²) in [4.78, 5) is 29.4. The molecule has 13 heteroatoms. The van der Waals surface area contributed by atoms with E-state index < -0.39 is 17.3 Å². The molecule has 10 nitrogen and oxygen atoms in total. The minimum Gasteiger partial charge on any atom is -0.382 e. The van der Waals surface area contributed by atoms with Gasteiger partial charge in [0.05, 0.1) is 12.9 Å². The SMILES string of the molecule is Nc1ncnc2c1ncn2Cc1c(N2CC[C@](N)(C(=O)NC3CC3)C2)ccc(F)c1CN1CCC(F)(F)CC1. The fraction of sp³-hybridized carbons (Fsp3) is 0.538. The van der Waals surface area contributed by atoms with Crippen LogP contribution < -0.4 is 21.7 Å². The molecule has 0 spiro atoms. The summed E-state index contributed by atoms with van der Waals surface area (Å²) >= 11 is 0. The van der Waals surface area contributed by atoms with Crippen molar-refractivity contribution in [3.05, 3.63) is 41.7 Å². The van der Waals surface area contributed by atoms with Gasteiger partial charge < -0.3 is 26.3 Å². The molecule has 1 amide bonds. The summed E-state index contributed by atoms with van der Waals surface area (Å²) in [6, 6.07) is 3.30. The highest BCUT2D eigenvalue weighted by atomic mass is 19.3. The number of alkyl halides is 2. The molecular formula is C26H32F3N9O. The van der Waals surface area contributed by atoms with Gasteiger partial charge in [-0.3, -0.25) is 9.69 Å². The summed E-state index contributed by atoms with van der Waals surface area (Å²) in [5.74, 6) is -3.05. The van der Waals surface area contributed by atoms with Gasteiger partial charge in [0.15, 0.2) is 11.5 Å². The minimum atomic E-state index is -2.70. The Bertz CT molecular complexity index is 1400. The average Bonchev–Trinajstić information content (AvgIpc) is 3.47. The Balaban J connectivity index is 1.35. The number of rotatable bonds is 7. The molecule has 1 atom stereocenters. The van der Waals surface area contributed by atoms with Gasteiger partial charge in [-0.05, 0) is 31.4 Å². The van der Waals surface area contributed by atoms with Crippen molar-refractivity contribution in [2.24, 2.45) is 5.73 Å². The number of halogens is 3. The Kier molecular flexibility index (Phi) is 6.37. The van der Waals surface area contributed by atoms with E-state index in [9.17, 15) is 13.6 Å². The van der Waals surface area contributed by atoms with Crippen molar-refractivity contribution >= 4 is 28.6 Å². The van der Waals surface area contributed by atoms with Crippen LogP contribution in [0.15, 0.2) is 24.8 Å². The smallest absolute Gasteiger partial charge is 0.250 e. The highest BCUT2D eigenvalue weighted by Crippen LogP contribution is 2.35. The number of imidazole rings is 1. The van der Waals surface area contributed by atoms with Gasteiger partial charge in [-0.25, -0.2) is 28.1 Å². The van der Waals surface area contributed by atoms with Gasteiger partial charge in [-0.15, -0.1) is 0 Å². The van der Waals surface area contributed by atoms with E-state index in [-0.39, 0.29) is 63.3 Å². The summed E-state index contributed by atoms with van der Waals surface area (Å²) in [6.07, 6.45) is 4.79. The van der Waals surface area contributed by atoms with Crippen LogP contribution in [0.1, 0.15) is 43.2 Å². The van der Waals surface area contributed by atoms with Gasteiger partial charge in [0.1, 0.15) is 23.2 Å².